The second kappa shape index (κ2) is 9.23. The molecular formula is C22H27N7O6. The first-order chi connectivity index (χ1) is 16.8. The molecule has 0 aromatic carbocycles. The second-order valence-electron chi connectivity index (χ2n) is 8.94. The highest BCUT2D eigenvalue weighted by Crippen LogP contribution is 2.37. The smallest absolute Gasteiger partial charge is 0.376 e. The Morgan fingerprint density at radius 1 is 1.23 bits per heavy atom. The third-order valence-corrected chi connectivity index (χ3v) is 6.01. The van der Waals surface area contributed by atoms with Crippen molar-refractivity contribution in [3.8, 4) is 5.88 Å². The molecule has 0 unspecified atom stereocenters. The normalized spacial score (nSPS) is 22.4. The van der Waals surface area contributed by atoms with Gasteiger partial charge in [-0.25, -0.2) is 29.5 Å². The molecule has 2 fully saturated rings. The van der Waals surface area contributed by atoms with Gasteiger partial charge in [-0.15, -0.1) is 0 Å². The summed E-state index contributed by atoms with van der Waals surface area (Å²) in [5.74, 6) is -0.476. The summed E-state index contributed by atoms with van der Waals surface area (Å²) < 4.78 is 21.6. The van der Waals surface area contributed by atoms with Gasteiger partial charge in [-0.3, -0.25) is 10.2 Å². The number of hydrogen-bond acceptors (Lipinski definition) is 11. The van der Waals surface area contributed by atoms with Gasteiger partial charge in [0.15, 0.2) is 17.4 Å². The number of ether oxygens (including phenoxy) is 4. The Hall–Kier alpha value is -3.58. The van der Waals surface area contributed by atoms with Crippen molar-refractivity contribution in [3.05, 3.63) is 24.4 Å². The van der Waals surface area contributed by atoms with Gasteiger partial charge in [-0.2, -0.15) is 0 Å². The van der Waals surface area contributed by atoms with Gasteiger partial charge >= 0.3 is 12.0 Å². The molecule has 0 radical (unpaired) electrons. The minimum absolute atomic E-state index is 0.105. The van der Waals surface area contributed by atoms with Crippen LogP contribution >= 0.6 is 0 Å². The zero-order valence-electron chi connectivity index (χ0n) is 19.8. The molecule has 1 N–H and O–H groups in total. The number of aromatic nitrogens is 4. The van der Waals surface area contributed by atoms with Crippen LogP contribution in [0, 0.1) is 0 Å². The number of methoxy groups -OCH3 is 1. The lowest BCUT2D eigenvalue weighted by molar-refractivity contribution is -0.141. The molecular weight excluding hydrogens is 458 g/mol. The monoisotopic (exact) mass is 485 g/mol. The minimum Gasteiger partial charge on any atom is -0.474 e. The lowest BCUT2D eigenvalue weighted by Gasteiger charge is -2.45. The summed E-state index contributed by atoms with van der Waals surface area (Å²) >= 11 is 0. The van der Waals surface area contributed by atoms with Crippen molar-refractivity contribution in [2.75, 3.05) is 48.5 Å². The van der Waals surface area contributed by atoms with Crippen LogP contribution in [0.3, 0.4) is 0 Å². The Morgan fingerprint density at radius 3 is 2.80 bits per heavy atom. The van der Waals surface area contributed by atoms with Gasteiger partial charge in [-0.05, 0) is 26.7 Å². The molecule has 0 spiro atoms. The van der Waals surface area contributed by atoms with Gasteiger partial charge in [-0.1, -0.05) is 0 Å². The molecule has 0 aliphatic carbocycles. The van der Waals surface area contributed by atoms with Crippen molar-refractivity contribution in [1.82, 2.24) is 19.9 Å². The van der Waals surface area contributed by atoms with Crippen molar-refractivity contribution in [3.63, 3.8) is 0 Å². The van der Waals surface area contributed by atoms with E-state index in [2.05, 4.69) is 30.2 Å². The standard InChI is InChI=1S/C22H27N7O6/c1-22(2)34-12-14(35-22)11-33-17-9-23-16(8-24-17)26-21(31)29-13-5-4-6-28(10-13)15-7-25-18(20(30)32-3)27-19(15)29/h7-9,13-14H,4-6,10-12H2,1-3H3,(H,23,26,31)/t13-,14-/m0/s1. The highest BCUT2D eigenvalue weighted by molar-refractivity contribution is 6.04. The number of esters is 1. The summed E-state index contributed by atoms with van der Waals surface area (Å²) in [6, 6.07) is -0.529. The van der Waals surface area contributed by atoms with E-state index >= 15 is 0 Å². The summed E-state index contributed by atoms with van der Waals surface area (Å²) in [6.45, 7) is 5.89. The van der Waals surface area contributed by atoms with Crippen LogP contribution in [0.5, 0.6) is 5.88 Å². The van der Waals surface area contributed by atoms with Crippen LogP contribution in [0.2, 0.25) is 0 Å². The Balaban J connectivity index is 1.28. The predicted molar refractivity (Wildman–Crippen MR) is 123 cm³/mol. The molecule has 5 rings (SSSR count). The second-order valence-corrected chi connectivity index (χ2v) is 8.94. The molecule has 2 aromatic heterocycles. The van der Waals surface area contributed by atoms with E-state index in [1.54, 1.807) is 11.1 Å². The number of nitrogens with zero attached hydrogens (tertiary/aromatic N) is 6. The summed E-state index contributed by atoms with van der Waals surface area (Å²) in [6.07, 6.45) is 5.94. The Labute approximate surface area is 201 Å². The molecule has 186 valence electrons. The third kappa shape index (κ3) is 4.82. The molecule has 0 saturated carbocycles. The fourth-order valence-corrected chi connectivity index (χ4v) is 4.42. The first-order valence-corrected chi connectivity index (χ1v) is 11.4. The highest BCUT2D eigenvalue weighted by atomic mass is 16.7. The van der Waals surface area contributed by atoms with Crippen molar-refractivity contribution in [2.45, 2.75) is 44.6 Å². The van der Waals surface area contributed by atoms with Crippen molar-refractivity contribution >= 4 is 29.3 Å². The quantitative estimate of drug-likeness (QED) is 0.617. The predicted octanol–water partition coefficient (Wildman–Crippen LogP) is 1.60. The molecule has 2 saturated heterocycles. The number of anilines is 3. The maximum Gasteiger partial charge on any atom is 0.376 e. The average molecular weight is 486 g/mol. The van der Waals surface area contributed by atoms with Crippen LogP contribution in [0.1, 0.15) is 37.3 Å². The zero-order chi connectivity index (χ0) is 24.6. The molecule has 13 heteroatoms. The van der Waals surface area contributed by atoms with Gasteiger partial charge in [0.05, 0.1) is 44.0 Å². The molecule has 2 atom stereocenters. The van der Waals surface area contributed by atoms with E-state index in [-0.39, 0.29) is 30.4 Å². The van der Waals surface area contributed by atoms with Gasteiger partial charge in [0.1, 0.15) is 12.7 Å². The van der Waals surface area contributed by atoms with E-state index in [1.807, 2.05) is 13.8 Å². The maximum atomic E-state index is 13.3. The third-order valence-electron chi connectivity index (χ3n) is 6.01. The lowest BCUT2D eigenvalue weighted by Crippen LogP contribution is -2.56. The Bertz CT molecular complexity index is 1110. The fourth-order valence-electron chi connectivity index (χ4n) is 4.42. The summed E-state index contributed by atoms with van der Waals surface area (Å²) in [5, 5.41) is 2.77. The molecule has 5 heterocycles. The van der Waals surface area contributed by atoms with Crippen LogP contribution in [0.15, 0.2) is 18.6 Å². The fraction of sp³-hybridized carbons (Fsp3) is 0.545. The number of hydrogen-bond donors (Lipinski definition) is 1. The molecule has 3 aliphatic heterocycles. The summed E-state index contributed by atoms with van der Waals surface area (Å²) in [7, 11) is 1.26. The van der Waals surface area contributed by atoms with Crippen LogP contribution < -0.4 is 19.9 Å². The number of fused-ring (bicyclic) bond motifs is 4. The molecule has 13 nitrogen and oxygen atoms in total. The SMILES string of the molecule is COC(=O)c1ncc2c(n1)N(C(=O)Nc1cnc(OC[C@H]3COC(C)(C)O3)cn1)[C@H]1CCCN2C1. The molecule has 2 bridgehead atoms. The molecule has 3 aliphatic rings. The summed E-state index contributed by atoms with van der Waals surface area (Å²) in [4.78, 5) is 45.9. The number of piperidine rings is 1. The van der Waals surface area contributed by atoms with E-state index in [4.69, 9.17) is 18.9 Å². The Morgan fingerprint density at radius 2 is 2.09 bits per heavy atom. The van der Waals surface area contributed by atoms with E-state index in [0.29, 0.717) is 30.5 Å². The lowest BCUT2D eigenvalue weighted by atomic mass is 10.0. The van der Waals surface area contributed by atoms with Crippen molar-refractivity contribution < 1.29 is 28.5 Å². The zero-order valence-corrected chi connectivity index (χ0v) is 19.8. The van der Waals surface area contributed by atoms with Gasteiger partial charge in [0, 0.05) is 13.1 Å². The number of rotatable bonds is 5. The van der Waals surface area contributed by atoms with E-state index in [1.165, 1.54) is 19.5 Å². The molecule has 2 amide bonds. The topological polar surface area (TPSA) is 141 Å². The number of carbonyl (C=O) groups excluding carboxylic acids is 2. The Kier molecular flexibility index (Phi) is 6.11. The van der Waals surface area contributed by atoms with Crippen LogP contribution in [-0.2, 0) is 14.2 Å². The first kappa shape index (κ1) is 23.2. The number of nitrogens with one attached hydrogen (secondary N) is 1. The number of urea groups is 1. The van der Waals surface area contributed by atoms with Gasteiger partial charge < -0.3 is 23.8 Å². The van der Waals surface area contributed by atoms with E-state index < -0.39 is 17.8 Å². The van der Waals surface area contributed by atoms with Crippen molar-refractivity contribution in [1.29, 1.82) is 0 Å². The minimum atomic E-state index is -0.668. The van der Waals surface area contributed by atoms with Crippen molar-refractivity contribution in [2.24, 2.45) is 0 Å². The largest absolute Gasteiger partial charge is 0.474 e. The van der Waals surface area contributed by atoms with Crippen LogP contribution in [0.25, 0.3) is 0 Å². The molecule has 2 aromatic rings. The van der Waals surface area contributed by atoms with E-state index in [0.717, 1.165) is 19.4 Å². The number of carbonyl (C=O) groups is 2. The maximum absolute atomic E-state index is 13.3. The molecule has 35 heavy (non-hydrogen) atoms. The van der Waals surface area contributed by atoms with Crippen LogP contribution in [-0.4, -0.2) is 83.3 Å². The van der Waals surface area contributed by atoms with E-state index in [9.17, 15) is 9.59 Å². The highest BCUT2D eigenvalue weighted by Gasteiger charge is 2.39. The average Bonchev–Trinajstić information content (AvgIpc) is 3.21. The van der Waals surface area contributed by atoms with Gasteiger partial charge in [0.25, 0.3) is 0 Å². The van der Waals surface area contributed by atoms with Crippen LogP contribution in [0.4, 0.5) is 22.1 Å². The number of amides is 2. The van der Waals surface area contributed by atoms with Gasteiger partial charge in [0.2, 0.25) is 11.7 Å². The first-order valence-electron chi connectivity index (χ1n) is 11.4. The summed E-state index contributed by atoms with van der Waals surface area (Å²) in [5.41, 5.74) is 0.694.